The molecule has 1 aromatic heterocycles. The summed E-state index contributed by atoms with van der Waals surface area (Å²) in [7, 11) is 0. The molecule has 2 atom stereocenters. The number of hydrogen-bond donors (Lipinski definition) is 2. The zero-order valence-electron chi connectivity index (χ0n) is 16.3. The number of aromatic nitrogens is 3. The van der Waals surface area contributed by atoms with Crippen LogP contribution >= 0.6 is 12.4 Å². The second-order valence-corrected chi connectivity index (χ2v) is 7.79. The maximum atomic E-state index is 13.0. The highest BCUT2D eigenvalue weighted by Gasteiger charge is 2.40. The van der Waals surface area contributed by atoms with Crippen LogP contribution in [0.3, 0.4) is 0 Å². The number of carbonyl (C=O) groups is 3. The summed E-state index contributed by atoms with van der Waals surface area (Å²) in [6.45, 7) is 1.29. The van der Waals surface area contributed by atoms with Crippen molar-refractivity contribution < 1.29 is 14.4 Å². The Morgan fingerprint density at radius 3 is 2.73 bits per heavy atom. The van der Waals surface area contributed by atoms with Crippen LogP contribution in [0.25, 0.3) is 5.69 Å². The molecule has 1 aromatic carbocycles. The topological polar surface area (TPSA) is 109 Å². The molecule has 2 saturated heterocycles. The maximum Gasteiger partial charge on any atom is 0.255 e. The summed E-state index contributed by atoms with van der Waals surface area (Å²) in [6.07, 6.45) is 5.88. The van der Waals surface area contributed by atoms with Gasteiger partial charge >= 0.3 is 0 Å². The van der Waals surface area contributed by atoms with E-state index in [4.69, 9.17) is 0 Å². The van der Waals surface area contributed by atoms with Crippen molar-refractivity contribution in [3.05, 3.63) is 41.2 Å². The average Bonchev–Trinajstić information content (AvgIpc) is 3.34. The summed E-state index contributed by atoms with van der Waals surface area (Å²) in [5.41, 5.74) is 3.09. The van der Waals surface area contributed by atoms with Gasteiger partial charge in [0, 0.05) is 24.1 Å². The zero-order chi connectivity index (χ0) is 20.0. The van der Waals surface area contributed by atoms with Crippen LogP contribution in [0.15, 0.2) is 24.4 Å². The molecule has 9 nitrogen and oxygen atoms in total. The first-order valence-corrected chi connectivity index (χ1v) is 10.0. The molecule has 5 rings (SSSR count). The number of rotatable bonds is 3. The van der Waals surface area contributed by atoms with Crippen LogP contribution < -0.4 is 10.6 Å². The number of piperidine rings is 2. The number of fused-ring (bicyclic) bond motifs is 1. The minimum atomic E-state index is -0.627. The van der Waals surface area contributed by atoms with Crippen LogP contribution in [0.2, 0.25) is 0 Å². The highest BCUT2D eigenvalue weighted by atomic mass is 35.5. The van der Waals surface area contributed by atoms with E-state index in [1.807, 2.05) is 18.3 Å². The van der Waals surface area contributed by atoms with Gasteiger partial charge in [0.1, 0.15) is 11.7 Å². The van der Waals surface area contributed by atoms with Crippen molar-refractivity contribution in [3.63, 3.8) is 0 Å². The van der Waals surface area contributed by atoms with E-state index in [0.717, 1.165) is 29.9 Å². The molecule has 0 bridgehead atoms. The summed E-state index contributed by atoms with van der Waals surface area (Å²) in [4.78, 5) is 38.2. The van der Waals surface area contributed by atoms with Gasteiger partial charge in [-0.05, 0) is 37.9 Å². The van der Waals surface area contributed by atoms with Crippen molar-refractivity contribution in [1.82, 2.24) is 30.5 Å². The Morgan fingerprint density at radius 2 is 1.97 bits per heavy atom. The number of benzene rings is 1. The van der Waals surface area contributed by atoms with Gasteiger partial charge in [-0.2, -0.15) is 0 Å². The van der Waals surface area contributed by atoms with Gasteiger partial charge in [-0.15, -0.1) is 17.5 Å². The number of nitrogens with one attached hydrogen (secondary N) is 2. The smallest absolute Gasteiger partial charge is 0.255 e. The molecule has 0 aliphatic carbocycles. The average molecular weight is 431 g/mol. The van der Waals surface area contributed by atoms with Gasteiger partial charge in [-0.25, -0.2) is 4.68 Å². The number of halogens is 1. The number of carbonyl (C=O) groups excluding carboxylic acids is 3. The summed E-state index contributed by atoms with van der Waals surface area (Å²) in [5, 5.41) is 14.4. The van der Waals surface area contributed by atoms with E-state index in [1.165, 1.54) is 12.8 Å². The van der Waals surface area contributed by atoms with E-state index < -0.39 is 11.9 Å². The first kappa shape index (κ1) is 20.5. The lowest BCUT2D eigenvalue weighted by Crippen LogP contribution is -2.52. The fourth-order valence-corrected chi connectivity index (χ4v) is 4.44. The summed E-state index contributed by atoms with van der Waals surface area (Å²) >= 11 is 0. The Hall–Kier alpha value is -2.78. The molecular formula is C20H23ClN6O3. The molecule has 3 amide bonds. The quantitative estimate of drug-likeness (QED) is 0.709. The summed E-state index contributed by atoms with van der Waals surface area (Å²) in [5.74, 6) is -0.886. The largest absolute Gasteiger partial charge is 0.322 e. The van der Waals surface area contributed by atoms with E-state index in [1.54, 1.807) is 15.6 Å². The van der Waals surface area contributed by atoms with E-state index in [-0.39, 0.29) is 36.7 Å². The summed E-state index contributed by atoms with van der Waals surface area (Å²) in [6, 6.07) is 5.08. The van der Waals surface area contributed by atoms with Gasteiger partial charge in [0.05, 0.1) is 17.9 Å². The minimum absolute atomic E-state index is 0. The van der Waals surface area contributed by atoms with Crippen LogP contribution in [-0.2, 0) is 16.1 Å². The first-order valence-electron chi connectivity index (χ1n) is 10.0. The van der Waals surface area contributed by atoms with Crippen molar-refractivity contribution in [1.29, 1.82) is 0 Å². The predicted molar refractivity (Wildman–Crippen MR) is 109 cm³/mol. The number of amides is 3. The molecule has 3 aliphatic rings. The number of nitrogens with zero attached hydrogens (tertiary/aromatic N) is 4. The molecule has 0 saturated carbocycles. The van der Waals surface area contributed by atoms with Crippen LogP contribution in [-0.4, -0.2) is 50.2 Å². The summed E-state index contributed by atoms with van der Waals surface area (Å²) < 4.78 is 1.71. The Labute approximate surface area is 179 Å². The fourth-order valence-electron chi connectivity index (χ4n) is 4.44. The van der Waals surface area contributed by atoms with Crippen molar-refractivity contribution >= 4 is 30.1 Å². The second kappa shape index (κ2) is 8.16. The minimum Gasteiger partial charge on any atom is -0.322 e. The second-order valence-electron chi connectivity index (χ2n) is 7.79. The normalized spacial score (nSPS) is 23.7. The molecular weight excluding hydrogens is 408 g/mol. The fraction of sp³-hybridized carbons (Fsp3) is 0.450. The third-order valence-electron chi connectivity index (χ3n) is 5.98. The molecule has 158 valence electrons. The van der Waals surface area contributed by atoms with Crippen molar-refractivity contribution in [2.45, 2.75) is 50.7 Å². The molecule has 1 unspecified atom stereocenters. The molecule has 2 N–H and O–H groups in total. The third-order valence-corrected chi connectivity index (χ3v) is 5.98. The van der Waals surface area contributed by atoms with Crippen LogP contribution in [0.4, 0.5) is 0 Å². The Bertz CT molecular complexity index is 1000. The van der Waals surface area contributed by atoms with Crippen LogP contribution in [0.1, 0.15) is 59.8 Å². The van der Waals surface area contributed by atoms with Crippen molar-refractivity contribution in [2.75, 3.05) is 6.54 Å². The number of hydrogen-bond acceptors (Lipinski definition) is 6. The molecule has 0 radical (unpaired) electrons. The van der Waals surface area contributed by atoms with E-state index in [9.17, 15) is 14.4 Å². The highest BCUT2D eigenvalue weighted by Crippen LogP contribution is 2.31. The standard InChI is InChI=1S/C20H22N6O3.ClH/c27-18-8-7-17(19(28)22-18)25-10-13-12(20(25)29)4-3-6-16(13)26-11-15(23-24-26)14-5-1-2-9-21-14;/h3-4,6,11,14,17,21H,1-2,5,7-10H2,(H,22,27,28);1H/t14-,17?;/m0./s1. The van der Waals surface area contributed by atoms with E-state index in [0.29, 0.717) is 18.5 Å². The maximum absolute atomic E-state index is 13.0. The molecule has 10 heteroatoms. The van der Waals surface area contributed by atoms with Crippen LogP contribution in [0, 0.1) is 0 Å². The molecule has 2 aromatic rings. The molecule has 0 spiro atoms. The Kier molecular flexibility index (Phi) is 5.57. The predicted octanol–water partition coefficient (Wildman–Crippen LogP) is 1.26. The molecule has 30 heavy (non-hydrogen) atoms. The lowest BCUT2D eigenvalue weighted by atomic mass is 10.0. The van der Waals surface area contributed by atoms with Gasteiger partial charge in [0.15, 0.2) is 0 Å². The lowest BCUT2D eigenvalue weighted by molar-refractivity contribution is -0.136. The molecule has 3 aliphatic heterocycles. The Balaban J connectivity index is 0.00000218. The highest BCUT2D eigenvalue weighted by molar-refractivity contribution is 6.05. The number of imide groups is 1. The molecule has 2 fully saturated rings. The Morgan fingerprint density at radius 1 is 1.10 bits per heavy atom. The van der Waals surface area contributed by atoms with Crippen molar-refractivity contribution in [3.8, 4) is 5.69 Å². The third kappa shape index (κ3) is 3.48. The SMILES string of the molecule is Cl.O=C1CCC(N2Cc3c(cccc3-n3cc([C@@H]4CCCCN4)nn3)C2=O)C(=O)N1. The van der Waals surface area contributed by atoms with Crippen molar-refractivity contribution in [2.24, 2.45) is 0 Å². The van der Waals surface area contributed by atoms with Crippen LogP contribution in [0.5, 0.6) is 0 Å². The van der Waals surface area contributed by atoms with Gasteiger partial charge in [-0.1, -0.05) is 17.7 Å². The lowest BCUT2D eigenvalue weighted by Gasteiger charge is -2.29. The van der Waals surface area contributed by atoms with Gasteiger partial charge < -0.3 is 10.2 Å². The van der Waals surface area contributed by atoms with Gasteiger partial charge in [0.25, 0.3) is 5.91 Å². The van der Waals surface area contributed by atoms with E-state index >= 15 is 0 Å². The monoisotopic (exact) mass is 430 g/mol. The van der Waals surface area contributed by atoms with Gasteiger partial charge in [0.2, 0.25) is 11.8 Å². The van der Waals surface area contributed by atoms with Gasteiger partial charge in [-0.3, -0.25) is 19.7 Å². The first-order chi connectivity index (χ1) is 14.1. The van der Waals surface area contributed by atoms with E-state index in [2.05, 4.69) is 20.9 Å². The molecule has 4 heterocycles. The zero-order valence-corrected chi connectivity index (χ0v) is 17.2.